The Morgan fingerprint density at radius 1 is 1.29 bits per heavy atom. The highest BCUT2D eigenvalue weighted by Gasteiger charge is 2.31. The van der Waals surface area contributed by atoms with Crippen molar-refractivity contribution in [2.45, 2.75) is 19.2 Å². The molecule has 1 aromatic rings. The second-order valence-electron chi connectivity index (χ2n) is 4.60. The van der Waals surface area contributed by atoms with Crippen LogP contribution in [0.2, 0.25) is 0 Å². The maximum absolute atomic E-state index is 12.0. The Labute approximate surface area is 126 Å². The molecule has 21 heavy (non-hydrogen) atoms. The molecule has 1 saturated heterocycles. The van der Waals surface area contributed by atoms with Gasteiger partial charge in [0.2, 0.25) is 5.91 Å². The second-order valence-corrected chi connectivity index (χ2v) is 4.60. The van der Waals surface area contributed by atoms with E-state index in [0.717, 1.165) is 19.4 Å². The van der Waals surface area contributed by atoms with Crippen molar-refractivity contribution < 1.29 is 22.7 Å². The van der Waals surface area contributed by atoms with E-state index >= 15 is 0 Å². The quantitative estimate of drug-likeness (QED) is 0.899. The molecule has 4 nitrogen and oxygen atoms in total. The van der Waals surface area contributed by atoms with Crippen LogP contribution in [-0.2, 0) is 4.79 Å². The lowest BCUT2D eigenvalue weighted by Crippen LogP contribution is -2.37. The van der Waals surface area contributed by atoms with Crippen LogP contribution in [0.3, 0.4) is 0 Å². The summed E-state index contributed by atoms with van der Waals surface area (Å²) in [6.45, 7) is 1.54. The zero-order chi connectivity index (χ0) is 14.6. The smallest absolute Gasteiger partial charge is 0.406 e. The molecule has 1 unspecified atom stereocenters. The average Bonchev–Trinajstić information content (AvgIpc) is 2.40. The molecule has 0 spiro atoms. The predicted molar refractivity (Wildman–Crippen MR) is 74.6 cm³/mol. The molecule has 0 saturated carbocycles. The molecule has 0 aliphatic carbocycles. The van der Waals surface area contributed by atoms with Gasteiger partial charge in [0.25, 0.3) is 0 Å². The molecule has 1 heterocycles. The van der Waals surface area contributed by atoms with E-state index in [4.69, 9.17) is 0 Å². The van der Waals surface area contributed by atoms with Crippen molar-refractivity contribution in [1.82, 2.24) is 5.32 Å². The SMILES string of the molecule is Cl.O=C(Nc1ccc(OC(F)(F)F)cc1)C1CCCNC1. The van der Waals surface area contributed by atoms with E-state index in [9.17, 15) is 18.0 Å². The fourth-order valence-corrected chi connectivity index (χ4v) is 2.06. The van der Waals surface area contributed by atoms with Gasteiger partial charge in [0.1, 0.15) is 5.75 Å². The number of carbonyl (C=O) groups excluding carboxylic acids is 1. The van der Waals surface area contributed by atoms with Crippen molar-refractivity contribution in [1.29, 1.82) is 0 Å². The van der Waals surface area contributed by atoms with Crippen LogP contribution in [0.15, 0.2) is 24.3 Å². The lowest BCUT2D eigenvalue weighted by atomic mass is 9.99. The summed E-state index contributed by atoms with van der Waals surface area (Å²) in [6, 6.07) is 5.11. The first-order valence-electron chi connectivity index (χ1n) is 6.31. The lowest BCUT2D eigenvalue weighted by molar-refractivity contribution is -0.274. The Hall–Kier alpha value is -1.47. The molecule has 8 heteroatoms. The Morgan fingerprint density at radius 2 is 1.95 bits per heavy atom. The number of amides is 1. The third-order valence-corrected chi connectivity index (χ3v) is 3.02. The van der Waals surface area contributed by atoms with Gasteiger partial charge in [-0.25, -0.2) is 0 Å². The second kappa shape index (κ2) is 7.51. The van der Waals surface area contributed by atoms with E-state index in [1.807, 2.05) is 0 Å². The monoisotopic (exact) mass is 324 g/mol. The van der Waals surface area contributed by atoms with Crippen LogP contribution in [0, 0.1) is 5.92 Å². The molecule has 1 aromatic carbocycles. The fourth-order valence-electron chi connectivity index (χ4n) is 2.06. The minimum atomic E-state index is -4.71. The maximum Gasteiger partial charge on any atom is 0.573 e. The number of halogens is 4. The van der Waals surface area contributed by atoms with Gasteiger partial charge in [-0.3, -0.25) is 4.79 Å². The van der Waals surface area contributed by atoms with Crippen LogP contribution >= 0.6 is 12.4 Å². The summed E-state index contributed by atoms with van der Waals surface area (Å²) in [6.07, 6.45) is -2.96. The zero-order valence-corrected chi connectivity index (χ0v) is 11.9. The van der Waals surface area contributed by atoms with Gasteiger partial charge in [0.05, 0.1) is 5.92 Å². The predicted octanol–water partition coefficient (Wildman–Crippen LogP) is 2.95. The number of piperidine rings is 1. The topological polar surface area (TPSA) is 50.4 Å². The van der Waals surface area contributed by atoms with Gasteiger partial charge >= 0.3 is 6.36 Å². The number of nitrogens with one attached hydrogen (secondary N) is 2. The van der Waals surface area contributed by atoms with Crippen LogP contribution in [0.25, 0.3) is 0 Å². The first-order chi connectivity index (χ1) is 9.44. The van der Waals surface area contributed by atoms with Crippen molar-refractivity contribution in [3.05, 3.63) is 24.3 Å². The standard InChI is InChI=1S/C13H15F3N2O2.ClH/c14-13(15,16)20-11-5-3-10(4-6-11)18-12(19)9-2-1-7-17-8-9;/h3-6,9,17H,1-2,7-8H2,(H,18,19);1H. The summed E-state index contributed by atoms with van der Waals surface area (Å²) in [5.74, 6) is -0.536. The lowest BCUT2D eigenvalue weighted by Gasteiger charge is -2.21. The highest BCUT2D eigenvalue weighted by atomic mass is 35.5. The number of benzene rings is 1. The minimum absolute atomic E-state index is 0. The van der Waals surface area contributed by atoms with E-state index in [2.05, 4.69) is 15.4 Å². The molecular weight excluding hydrogens is 309 g/mol. The normalized spacial score (nSPS) is 18.5. The number of carbonyl (C=O) groups is 1. The number of hydrogen-bond donors (Lipinski definition) is 2. The summed E-state index contributed by atoms with van der Waals surface area (Å²) >= 11 is 0. The van der Waals surface area contributed by atoms with E-state index in [1.54, 1.807) is 0 Å². The van der Waals surface area contributed by atoms with Gasteiger partial charge in [-0.05, 0) is 43.7 Å². The Balaban J connectivity index is 0.00000220. The van der Waals surface area contributed by atoms with E-state index < -0.39 is 6.36 Å². The van der Waals surface area contributed by atoms with Gasteiger partial charge in [-0.2, -0.15) is 0 Å². The number of ether oxygens (including phenoxy) is 1. The average molecular weight is 325 g/mol. The fraction of sp³-hybridized carbons (Fsp3) is 0.462. The Kier molecular flexibility index (Phi) is 6.29. The number of rotatable bonds is 3. The molecule has 1 amide bonds. The molecule has 2 rings (SSSR count). The number of alkyl halides is 3. The van der Waals surface area contributed by atoms with Gasteiger partial charge in [0, 0.05) is 12.2 Å². The summed E-state index contributed by atoms with van der Waals surface area (Å²) in [7, 11) is 0. The molecular formula is C13H16ClF3N2O2. The molecule has 118 valence electrons. The van der Waals surface area contributed by atoms with Crippen LogP contribution in [0.5, 0.6) is 5.75 Å². The van der Waals surface area contributed by atoms with Crippen molar-refractivity contribution in [2.75, 3.05) is 18.4 Å². The number of anilines is 1. The summed E-state index contributed by atoms with van der Waals surface area (Å²) in [5, 5.41) is 5.82. The van der Waals surface area contributed by atoms with E-state index in [1.165, 1.54) is 24.3 Å². The third kappa shape index (κ3) is 5.81. The first kappa shape index (κ1) is 17.6. The van der Waals surface area contributed by atoms with Crippen molar-refractivity contribution >= 4 is 24.0 Å². The van der Waals surface area contributed by atoms with Gasteiger partial charge in [-0.1, -0.05) is 0 Å². The van der Waals surface area contributed by atoms with Crippen molar-refractivity contribution in [3.63, 3.8) is 0 Å². The first-order valence-corrected chi connectivity index (χ1v) is 6.31. The molecule has 0 bridgehead atoms. The minimum Gasteiger partial charge on any atom is -0.406 e. The van der Waals surface area contributed by atoms with Crippen LogP contribution < -0.4 is 15.4 Å². The number of hydrogen-bond acceptors (Lipinski definition) is 3. The maximum atomic E-state index is 12.0. The molecule has 1 aliphatic heterocycles. The van der Waals surface area contributed by atoms with E-state index in [0.29, 0.717) is 12.2 Å². The summed E-state index contributed by atoms with van der Waals surface area (Å²) < 4.78 is 39.7. The van der Waals surface area contributed by atoms with Crippen molar-refractivity contribution in [2.24, 2.45) is 5.92 Å². The van der Waals surface area contributed by atoms with Crippen LogP contribution in [0.1, 0.15) is 12.8 Å². The molecule has 0 aromatic heterocycles. The highest BCUT2D eigenvalue weighted by Crippen LogP contribution is 2.24. The summed E-state index contributed by atoms with van der Waals surface area (Å²) in [5.41, 5.74) is 0.454. The van der Waals surface area contributed by atoms with Crippen molar-refractivity contribution in [3.8, 4) is 5.75 Å². The molecule has 0 radical (unpaired) electrons. The van der Waals surface area contributed by atoms with Gasteiger partial charge < -0.3 is 15.4 Å². The molecule has 2 N–H and O–H groups in total. The molecule has 1 fully saturated rings. The third-order valence-electron chi connectivity index (χ3n) is 3.02. The highest BCUT2D eigenvalue weighted by molar-refractivity contribution is 5.92. The van der Waals surface area contributed by atoms with Crippen LogP contribution in [-0.4, -0.2) is 25.4 Å². The molecule has 1 aliphatic rings. The molecule has 1 atom stereocenters. The Bertz CT molecular complexity index is 459. The van der Waals surface area contributed by atoms with E-state index in [-0.39, 0.29) is 30.0 Å². The van der Waals surface area contributed by atoms with Gasteiger partial charge in [0.15, 0.2) is 0 Å². The Morgan fingerprint density at radius 3 is 2.48 bits per heavy atom. The zero-order valence-electron chi connectivity index (χ0n) is 11.1. The van der Waals surface area contributed by atoms with Crippen LogP contribution in [0.4, 0.5) is 18.9 Å². The van der Waals surface area contributed by atoms with Gasteiger partial charge in [-0.15, -0.1) is 25.6 Å². The summed E-state index contributed by atoms with van der Waals surface area (Å²) in [4.78, 5) is 11.9. The largest absolute Gasteiger partial charge is 0.573 e.